The smallest absolute Gasteiger partial charge is 0.240 e. The summed E-state index contributed by atoms with van der Waals surface area (Å²) in [7, 11) is 0. The summed E-state index contributed by atoms with van der Waals surface area (Å²) in [6.45, 7) is 2.46. The predicted molar refractivity (Wildman–Crippen MR) is 84.8 cm³/mol. The van der Waals surface area contributed by atoms with Crippen molar-refractivity contribution >= 4 is 28.3 Å². The average Bonchev–Trinajstić information content (AvgIpc) is 3.18. The van der Waals surface area contributed by atoms with Crippen molar-refractivity contribution in [1.29, 1.82) is 0 Å². The van der Waals surface area contributed by atoms with Crippen LogP contribution in [0.4, 0.5) is 5.13 Å². The van der Waals surface area contributed by atoms with Crippen LogP contribution in [0.2, 0.25) is 0 Å². The van der Waals surface area contributed by atoms with E-state index in [-0.39, 0.29) is 23.8 Å². The van der Waals surface area contributed by atoms with Crippen LogP contribution < -0.4 is 11.1 Å². The summed E-state index contributed by atoms with van der Waals surface area (Å²) in [5, 5.41) is 12.2. The number of piperidine rings is 1. The largest absolute Gasteiger partial charge is 0.371 e. The SMILES string of the molecule is NC(=O)C1CCN(CC(=O)Nc2nnc(C3CCCO3)s2)CC1. The zero-order valence-electron chi connectivity index (χ0n) is 12.9. The molecule has 1 aromatic heterocycles. The maximum atomic E-state index is 12.1. The molecule has 0 saturated carbocycles. The van der Waals surface area contributed by atoms with Gasteiger partial charge in [-0.1, -0.05) is 11.3 Å². The van der Waals surface area contributed by atoms with E-state index in [0.29, 0.717) is 37.6 Å². The summed E-state index contributed by atoms with van der Waals surface area (Å²) in [5.41, 5.74) is 5.31. The third-order valence-corrected chi connectivity index (χ3v) is 5.18. The number of carbonyl (C=O) groups is 2. The highest BCUT2D eigenvalue weighted by molar-refractivity contribution is 7.15. The first-order valence-corrected chi connectivity index (χ1v) is 8.70. The van der Waals surface area contributed by atoms with Crippen molar-refractivity contribution in [1.82, 2.24) is 15.1 Å². The second-order valence-electron chi connectivity index (χ2n) is 5.95. The van der Waals surface area contributed by atoms with Gasteiger partial charge < -0.3 is 10.5 Å². The van der Waals surface area contributed by atoms with Crippen LogP contribution in [0.15, 0.2) is 0 Å². The number of nitrogens with two attached hydrogens (primary N) is 1. The lowest BCUT2D eigenvalue weighted by Crippen LogP contribution is -2.42. The number of nitrogens with one attached hydrogen (secondary N) is 1. The molecule has 3 heterocycles. The minimum atomic E-state index is -0.246. The zero-order valence-corrected chi connectivity index (χ0v) is 13.7. The highest BCUT2D eigenvalue weighted by atomic mass is 32.1. The number of primary amides is 1. The Kier molecular flexibility index (Phi) is 5.19. The van der Waals surface area contributed by atoms with Gasteiger partial charge in [0.05, 0.1) is 6.54 Å². The van der Waals surface area contributed by atoms with Gasteiger partial charge in [0, 0.05) is 12.5 Å². The summed E-state index contributed by atoms with van der Waals surface area (Å²) in [6.07, 6.45) is 3.44. The molecular formula is C14H21N5O3S. The van der Waals surface area contributed by atoms with Crippen LogP contribution in [0, 0.1) is 5.92 Å². The van der Waals surface area contributed by atoms with E-state index in [4.69, 9.17) is 10.5 Å². The maximum absolute atomic E-state index is 12.1. The summed E-state index contributed by atoms with van der Waals surface area (Å²) in [5.74, 6) is -0.423. The molecule has 0 aromatic carbocycles. The van der Waals surface area contributed by atoms with E-state index in [9.17, 15) is 9.59 Å². The van der Waals surface area contributed by atoms with E-state index >= 15 is 0 Å². The van der Waals surface area contributed by atoms with Crippen molar-refractivity contribution in [2.75, 3.05) is 31.6 Å². The van der Waals surface area contributed by atoms with Crippen LogP contribution in [-0.4, -0.2) is 53.2 Å². The van der Waals surface area contributed by atoms with Crippen LogP contribution in [0.3, 0.4) is 0 Å². The van der Waals surface area contributed by atoms with Gasteiger partial charge in [-0.2, -0.15) is 0 Å². The molecule has 3 rings (SSSR count). The molecule has 0 bridgehead atoms. The highest BCUT2D eigenvalue weighted by Crippen LogP contribution is 2.31. The molecule has 1 unspecified atom stereocenters. The Morgan fingerprint density at radius 3 is 2.74 bits per heavy atom. The standard InChI is InChI=1S/C14H21N5O3S/c15-12(21)9-3-5-19(6-4-9)8-11(20)16-14-18-17-13(23-14)10-2-1-7-22-10/h9-10H,1-8H2,(H2,15,21)(H,16,18,20). The van der Waals surface area contributed by atoms with Gasteiger partial charge >= 0.3 is 0 Å². The third kappa shape index (κ3) is 4.24. The Morgan fingerprint density at radius 1 is 1.30 bits per heavy atom. The Balaban J connectivity index is 1.45. The molecule has 3 N–H and O–H groups in total. The summed E-state index contributed by atoms with van der Waals surface area (Å²) in [6, 6.07) is 0. The lowest BCUT2D eigenvalue weighted by molar-refractivity contribution is -0.123. The molecule has 0 radical (unpaired) electrons. The molecule has 0 aliphatic carbocycles. The summed E-state index contributed by atoms with van der Waals surface area (Å²) >= 11 is 1.37. The molecular weight excluding hydrogens is 318 g/mol. The molecule has 126 valence electrons. The van der Waals surface area contributed by atoms with Gasteiger partial charge in [-0.25, -0.2) is 0 Å². The van der Waals surface area contributed by atoms with Crippen LogP contribution in [0.1, 0.15) is 36.8 Å². The molecule has 2 aliphatic heterocycles. The molecule has 2 aliphatic rings. The van der Waals surface area contributed by atoms with Crippen molar-refractivity contribution in [2.24, 2.45) is 11.7 Å². The molecule has 8 nitrogen and oxygen atoms in total. The zero-order chi connectivity index (χ0) is 16.2. The molecule has 9 heteroatoms. The van der Waals surface area contributed by atoms with Gasteiger partial charge in [0.25, 0.3) is 0 Å². The highest BCUT2D eigenvalue weighted by Gasteiger charge is 2.25. The molecule has 2 fully saturated rings. The van der Waals surface area contributed by atoms with Crippen molar-refractivity contribution < 1.29 is 14.3 Å². The first-order valence-electron chi connectivity index (χ1n) is 7.88. The number of nitrogens with zero attached hydrogens (tertiary/aromatic N) is 3. The number of carbonyl (C=O) groups excluding carboxylic acids is 2. The second kappa shape index (κ2) is 7.33. The monoisotopic (exact) mass is 339 g/mol. The van der Waals surface area contributed by atoms with Gasteiger partial charge in [0.2, 0.25) is 16.9 Å². The number of hydrogen-bond donors (Lipinski definition) is 2. The second-order valence-corrected chi connectivity index (χ2v) is 6.96. The maximum Gasteiger partial charge on any atom is 0.240 e. The normalized spacial score (nSPS) is 23.0. The van der Waals surface area contributed by atoms with Crippen molar-refractivity contribution in [3.05, 3.63) is 5.01 Å². The number of likely N-dealkylation sites (tertiary alicyclic amines) is 1. The Bertz CT molecular complexity index is 565. The summed E-state index contributed by atoms with van der Waals surface area (Å²) < 4.78 is 5.56. The minimum Gasteiger partial charge on any atom is -0.371 e. The molecule has 23 heavy (non-hydrogen) atoms. The van der Waals surface area contributed by atoms with E-state index in [1.54, 1.807) is 0 Å². The van der Waals surface area contributed by atoms with Crippen molar-refractivity contribution in [3.8, 4) is 0 Å². The number of ether oxygens (including phenoxy) is 1. The Hall–Kier alpha value is -1.58. The molecule has 2 amide bonds. The van der Waals surface area contributed by atoms with Crippen LogP contribution in [-0.2, 0) is 14.3 Å². The number of aromatic nitrogens is 2. The Labute approximate surface area is 138 Å². The fraction of sp³-hybridized carbons (Fsp3) is 0.714. The average molecular weight is 339 g/mol. The molecule has 0 spiro atoms. The predicted octanol–water partition coefficient (Wildman–Crippen LogP) is 0.525. The number of anilines is 1. The fourth-order valence-electron chi connectivity index (χ4n) is 2.93. The summed E-state index contributed by atoms with van der Waals surface area (Å²) in [4.78, 5) is 25.3. The number of hydrogen-bond acceptors (Lipinski definition) is 7. The lowest BCUT2D eigenvalue weighted by atomic mass is 9.96. The molecule has 2 saturated heterocycles. The quantitative estimate of drug-likeness (QED) is 0.809. The van der Waals surface area contributed by atoms with Crippen LogP contribution >= 0.6 is 11.3 Å². The Morgan fingerprint density at radius 2 is 2.09 bits per heavy atom. The first kappa shape index (κ1) is 16.3. The lowest BCUT2D eigenvalue weighted by Gasteiger charge is -2.29. The van der Waals surface area contributed by atoms with Gasteiger partial charge in [-0.05, 0) is 38.8 Å². The van der Waals surface area contributed by atoms with Gasteiger partial charge in [-0.3, -0.25) is 19.8 Å². The van der Waals surface area contributed by atoms with Gasteiger partial charge in [0.1, 0.15) is 11.1 Å². The number of amides is 2. The van der Waals surface area contributed by atoms with Crippen molar-refractivity contribution in [2.45, 2.75) is 31.8 Å². The van der Waals surface area contributed by atoms with Gasteiger partial charge in [-0.15, -0.1) is 10.2 Å². The van der Waals surface area contributed by atoms with E-state index in [1.807, 2.05) is 4.90 Å². The molecule has 1 aromatic rings. The van der Waals surface area contributed by atoms with Gasteiger partial charge in [0.15, 0.2) is 0 Å². The topological polar surface area (TPSA) is 110 Å². The first-order chi connectivity index (χ1) is 11.1. The fourth-order valence-corrected chi connectivity index (χ4v) is 3.77. The van der Waals surface area contributed by atoms with Crippen LogP contribution in [0.5, 0.6) is 0 Å². The minimum absolute atomic E-state index is 0.0194. The van der Waals surface area contributed by atoms with E-state index < -0.39 is 0 Å². The number of rotatable bonds is 5. The van der Waals surface area contributed by atoms with E-state index in [1.165, 1.54) is 11.3 Å². The third-order valence-electron chi connectivity index (χ3n) is 4.25. The molecule has 1 atom stereocenters. The van der Waals surface area contributed by atoms with Crippen molar-refractivity contribution in [3.63, 3.8) is 0 Å². The van der Waals surface area contributed by atoms with E-state index in [2.05, 4.69) is 15.5 Å². The van der Waals surface area contributed by atoms with E-state index in [0.717, 1.165) is 24.5 Å². The van der Waals surface area contributed by atoms with Crippen LogP contribution in [0.25, 0.3) is 0 Å².